The predicted octanol–water partition coefficient (Wildman–Crippen LogP) is 1.18. The molecule has 0 unspecified atom stereocenters. The second kappa shape index (κ2) is 8.07. The first-order chi connectivity index (χ1) is 9.01. The summed E-state index contributed by atoms with van der Waals surface area (Å²) in [6.45, 7) is 3.63. The summed E-state index contributed by atoms with van der Waals surface area (Å²) >= 11 is 5.49. The van der Waals surface area contributed by atoms with Crippen molar-refractivity contribution in [1.82, 2.24) is 9.62 Å². The molecule has 0 aromatic carbocycles. The molecule has 0 spiro atoms. The van der Waals surface area contributed by atoms with Crippen molar-refractivity contribution >= 4 is 27.5 Å². The third-order valence-electron chi connectivity index (χ3n) is 3.38. The van der Waals surface area contributed by atoms with Gasteiger partial charge in [-0.3, -0.25) is 4.79 Å². The van der Waals surface area contributed by atoms with Gasteiger partial charge in [0.1, 0.15) is 0 Å². The van der Waals surface area contributed by atoms with Gasteiger partial charge in [0.15, 0.2) is 0 Å². The van der Waals surface area contributed by atoms with Gasteiger partial charge in [0.2, 0.25) is 15.9 Å². The van der Waals surface area contributed by atoms with Crippen LogP contribution in [0.3, 0.4) is 0 Å². The van der Waals surface area contributed by atoms with E-state index in [1.165, 1.54) is 4.31 Å². The van der Waals surface area contributed by atoms with Crippen molar-refractivity contribution in [3.63, 3.8) is 0 Å². The van der Waals surface area contributed by atoms with Crippen LogP contribution in [0.2, 0.25) is 0 Å². The zero-order chi connectivity index (χ0) is 14.3. The number of rotatable bonds is 7. The van der Waals surface area contributed by atoms with E-state index in [-0.39, 0.29) is 23.5 Å². The Kier molecular flexibility index (Phi) is 7.10. The molecule has 0 aliphatic carbocycles. The molecule has 0 atom stereocenters. The number of piperidine rings is 1. The number of nitrogens with one attached hydrogen (secondary N) is 1. The van der Waals surface area contributed by atoms with Crippen LogP contribution < -0.4 is 5.32 Å². The van der Waals surface area contributed by atoms with Gasteiger partial charge in [-0.1, -0.05) is 13.3 Å². The van der Waals surface area contributed by atoms with Crippen LogP contribution in [0.1, 0.15) is 32.6 Å². The molecule has 1 N–H and O–H groups in total. The molecule has 1 aliphatic heterocycles. The van der Waals surface area contributed by atoms with E-state index in [9.17, 15) is 13.2 Å². The molecule has 1 fully saturated rings. The highest BCUT2D eigenvalue weighted by Crippen LogP contribution is 2.20. The topological polar surface area (TPSA) is 66.5 Å². The summed E-state index contributed by atoms with van der Waals surface area (Å²) in [4.78, 5) is 11.9. The molecule has 1 saturated heterocycles. The highest BCUT2D eigenvalue weighted by Gasteiger charge is 2.30. The van der Waals surface area contributed by atoms with E-state index in [2.05, 4.69) is 12.2 Å². The van der Waals surface area contributed by atoms with Crippen molar-refractivity contribution in [1.29, 1.82) is 0 Å². The van der Waals surface area contributed by atoms with Gasteiger partial charge < -0.3 is 5.32 Å². The zero-order valence-corrected chi connectivity index (χ0v) is 13.0. The summed E-state index contributed by atoms with van der Waals surface area (Å²) in [6, 6.07) is 0. The van der Waals surface area contributed by atoms with Crippen molar-refractivity contribution in [2.75, 3.05) is 31.3 Å². The van der Waals surface area contributed by atoms with E-state index in [0.29, 0.717) is 32.5 Å². The molecule has 7 heteroatoms. The number of carbonyl (C=O) groups is 1. The average Bonchev–Trinajstić information content (AvgIpc) is 2.39. The van der Waals surface area contributed by atoms with E-state index in [0.717, 1.165) is 12.8 Å². The Hall–Kier alpha value is -0.330. The Bertz CT molecular complexity index is 378. The molecule has 5 nitrogen and oxygen atoms in total. The second-order valence-corrected chi connectivity index (χ2v) is 7.29. The minimum Gasteiger partial charge on any atom is -0.356 e. The van der Waals surface area contributed by atoms with Gasteiger partial charge in [0, 0.05) is 31.4 Å². The van der Waals surface area contributed by atoms with Gasteiger partial charge in [0.05, 0.1) is 5.75 Å². The maximum Gasteiger partial charge on any atom is 0.223 e. The Morgan fingerprint density at radius 2 is 2.00 bits per heavy atom. The molecular weight excluding hydrogens is 288 g/mol. The maximum atomic E-state index is 11.9. The van der Waals surface area contributed by atoms with Crippen LogP contribution in [-0.4, -0.2) is 49.9 Å². The normalized spacial score (nSPS) is 18.4. The SMILES string of the molecule is CCCCNC(=O)C1CCN(S(=O)(=O)CCCl)CC1. The number of halogens is 1. The first-order valence-electron chi connectivity index (χ1n) is 6.82. The van der Waals surface area contributed by atoms with Crippen molar-refractivity contribution in [3.05, 3.63) is 0 Å². The van der Waals surface area contributed by atoms with Crippen molar-refractivity contribution in [2.45, 2.75) is 32.6 Å². The molecule has 112 valence electrons. The van der Waals surface area contributed by atoms with Crippen molar-refractivity contribution in [2.24, 2.45) is 5.92 Å². The number of amides is 1. The first-order valence-corrected chi connectivity index (χ1v) is 8.97. The third kappa shape index (κ3) is 5.28. The van der Waals surface area contributed by atoms with Gasteiger partial charge in [-0.2, -0.15) is 0 Å². The lowest BCUT2D eigenvalue weighted by molar-refractivity contribution is -0.126. The third-order valence-corrected chi connectivity index (χ3v) is 5.67. The molecule has 0 aromatic rings. The lowest BCUT2D eigenvalue weighted by atomic mass is 9.97. The minimum absolute atomic E-state index is 0.0259. The minimum atomic E-state index is -3.23. The largest absolute Gasteiger partial charge is 0.356 e. The molecule has 0 saturated carbocycles. The lowest BCUT2D eigenvalue weighted by Crippen LogP contribution is -2.44. The quantitative estimate of drug-likeness (QED) is 0.567. The number of unbranched alkanes of at least 4 members (excludes halogenated alkanes) is 1. The summed E-state index contributed by atoms with van der Waals surface area (Å²) in [7, 11) is -3.23. The number of nitrogens with zero attached hydrogens (tertiary/aromatic N) is 1. The summed E-state index contributed by atoms with van der Waals surface area (Å²) in [5, 5.41) is 2.90. The van der Waals surface area contributed by atoms with Crippen LogP contribution in [0.15, 0.2) is 0 Å². The Balaban J connectivity index is 2.38. The standard InChI is InChI=1S/C12H23ClN2O3S/c1-2-3-7-14-12(16)11-4-8-15(9-5-11)19(17,18)10-6-13/h11H,2-10H2,1H3,(H,14,16). The number of alkyl halides is 1. The molecule has 1 amide bonds. The highest BCUT2D eigenvalue weighted by atomic mass is 35.5. The van der Waals surface area contributed by atoms with E-state index in [1.807, 2.05) is 0 Å². The van der Waals surface area contributed by atoms with Gasteiger partial charge in [-0.05, 0) is 19.3 Å². The molecule has 0 aromatic heterocycles. The Morgan fingerprint density at radius 3 is 2.53 bits per heavy atom. The van der Waals surface area contributed by atoms with Crippen LogP contribution in [0.4, 0.5) is 0 Å². The first kappa shape index (κ1) is 16.7. The fourth-order valence-electron chi connectivity index (χ4n) is 2.16. The van der Waals surface area contributed by atoms with Gasteiger partial charge in [-0.25, -0.2) is 12.7 Å². The summed E-state index contributed by atoms with van der Waals surface area (Å²) in [6.07, 6.45) is 3.23. The lowest BCUT2D eigenvalue weighted by Gasteiger charge is -2.30. The molecular formula is C12H23ClN2O3S. The average molecular weight is 311 g/mol. The highest BCUT2D eigenvalue weighted by molar-refractivity contribution is 7.89. The zero-order valence-electron chi connectivity index (χ0n) is 11.4. The van der Waals surface area contributed by atoms with Gasteiger partial charge >= 0.3 is 0 Å². The molecule has 1 heterocycles. The van der Waals surface area contributed by atoms with Crippen molar-refractivity contribution < 1.29 is 13.2 Å². The number of hydrogen-bond donors (Lipinski definition) is 1. The smallest absolute Gasteiger partial charge is 0.223 e. The number of hydrogen-bond acceptors (Lipinski definition) is 3. The summed E-state index contributed by atoms with van der Waals surface area (Å²) in [5.74, 6) is 0.0870. The summed E-state index contributed by atoms with van der Waals surface area (Å²) < 4.78 is 25.1. The fraction of sp³-hybridized carbons (Fsp3) is 0.917. The Morgan fingerprint density at radius 1 is 1.37 bits per heavy atom. The molecule has 1 aliphatic rings. The summed E-state index contributed by atoms with van der Waals surface area (Å²) in [5.41, 5.74) is 0. The van der Waals surface area contributed by atoms with E-state index in [4.69, 9.17) is 11.6 Å². The Labute approximate surface area is 120 Å². The molecule has 19 heavy (non-hydrogen) atoms. The second-order valence-electron chi connectivity index (χ2n) is 4.82. The van der Waals surface area contributed by atoms with Crippen LogP contribution in [-0.2, 0) is 14.8 Å². The van der Waals surface area contributed by atoms with E-state index in [1.54, 1.807) is 0 Å². The van der Waals surface area contributed by atoms with Crippen LogP contribution >= 0.6 is 11.6 Å². The number of sulfonamides is 1. The predicted molar refractivity (Wildman–Crippen MR) is 76.7 cm³/mol. The fourth-order valence-corrected chi connectivity index (χ4v) is 3.96. The monoisotopic (exact) mass is 310 g/mol. The molecule has 1 rings (SSSR count). The number of carbonyl (C=O) groups excluding carboxylic acids is 1. The maximum absolute atomic E-state index is 11.9. The van der Waals surface area contributed by atoms with Crippen molar-refractivity contribution in [3.8, 4) is 0 Å². The van der Waals surface area contributed by atoms with Gasteiger partial charge in [-0.15, -0.1) is 11.6 Å². The molecule has 0 bridgehead atoms. The van der Waals surface area contributed by atoms with Crippen LogP contribution in [0.25, 0.3) is 0 Å². The van der Waals surface area contributed by atoms with Gasteiger partial charge in [0.25, 0.3) is 0 Å². The molecule has 0 radical (unpaired) electrons. The van der Waals surface area contributed by atoms with E-state index >= 15 is 0 Å². The van der Waals surface area contributed by atoms with Crippen LogP contribution in [0, 0.1) is 5.92 Å². The van der Waals surface area contributed by atoms with Crippen LogP contribution in [0.5, 0.6) is 0 Å². The van der Waals surface area contributed by atoms with E-state index < -0.39 is 10.0 Å².